The maximum absolute atomic E-state index is 10.4. The van der Waals surface area contributed by atoms with Crippen LogP contribution in [0.2, 0.25) is 0 Å². The molecule has 1 saturated heterocycles. The summed E-state index contributed by atoms with van der Waals surface area (Å²) in [4.78, 5) is 18.8. The molecule has 11 heteroatoms. The molecule has 1 fully saturated rings. The van der Waals surface area contributed by atoms with E-state index in [1.54, 1.807) is 0 Å². The normalized spacial score (nSPS) is 41.4. The van der Waals surface area contributed by atoms with E-state index in [-0.39, 0.29) is 29.6 Å². The van der Waals surface area contributed by atoms with Crippen molar-refractivity contribution < 1.29 is 73.6 Å². The fourth-order valence-electron chi connectivity index (χ4n) is 1.29. The number of rotatable bonds is 3. The van der Waals surface area contributed by atoms with E-state index in [9.17, 15) is 24.8 Å². The number of aliphatic hydroxyl groups excluding tert-OH is 4. The average molecular weight is 282 g/mol. The topological polar surface area (TPSA) is 160 Å². The van der Waals surface area contributed by atoms with E-state index in [0.29, 0.717) is 0 Å². The van der Waals surface area contributed by atoms with Crippen molar-refractivity contribution >= 4 is 7.82 Å². The van der Waals surface area contributed by atoms with Crippen LogP contribution >= 0.6 is 7.82 Å². The summed E-state index contributed by atoms with van der Waals surface area (Å²) in [7, 11) is -5.16. The Labute approximate surface area is 119 Å². The van der Waals surface area contributed by atoms with Crippen molar-refractivity contribution in [3.8, 4) is 0 Å². The number of aliphatic hydroxyl groups is 4. The summed E-state index contributed by atoms with van der Waals surface area (Å²) in [6, 6.07) is 0. The van der Waals surface area contributed by atoms with Crippen molar-refractivity contribution in [2.45, 2.75) is 30.7 Å². The number of hydrogen-bond donors (Lipinski definition) is 5. The Bertz CT molecular complexity index is 281. The van der Waals surface area contributed by atoms with Crippen LogP contribution in [-0.2, 0) is 13.8 Å². The first-order valence-corrected chi connectivity index (χ1v) is 5.78. The molecule has 0 spiro atoms. The smallest absolute Gasteiger partial charge is 0.756 e. The molecule has 0 aromatic heterocycles. The second-order valence-corrected chi connectivity index (χ2v) is 4.42. The Morgan fingerprint density at radius 3 is 2.18 bits per heavy atom. The Morgan fingerprint density at radius 2 is 1.76 bits per heavy atom. The second kappa shape index (κ2) is 6.90. The zero-order valence-electron chi connectivity index (χ0n) is 8.91. The first-order valence-electron chi connectivity index (χ1n) is 4.29. The van der Waals surface area contributed by atoms with Crippen LogP contribution in [-0.4, -0.2) is 62.6 Å². The molecule has 0 aromatic carbocycles. The minimum absolute atomic E-state index is 0. The van der Waals surface area contributed by atoms with Crippen LogP contribution in [0.15, 0.2) is 0 Å². The maximum Gasteiger partial charge on any atom is 1.00 e. The average Bonchev–Trinajstić information content (AvgIpc) is 2.17. The van der Waals surface area contributed by atoms with E-state index in [1.165, 1.54) is 0 Å². The quantitative estimate of drug-likeness (QED) is 0.250. The predicted molar refractivity (Wildman–Crippen MR) is 44.7 cm³/mol. The third-order valence-corrected chi connectivity index (χ3v) is 2.56. The Balaban J connectivity index is 0.00000256. The molecule has 1 aliphatic heterocycles. The van der Waals surface area contributed by atoms with Gasteiger partial charge in [-0.15, -0.1) is 0 Å². The summed E-state index contributed by atoms with van der Waals surface area (Å²) >= 11 is 0. The van der Waals surface area contributed by atoms with E-state index in [0.717, 1.165) is 0 Å². The molecule has 0 aromatic rings. The van der Waals surface area contributed by atoms with Crippen LogP contribution < -0.4 is 34.5 Å². The number of hydrogen-bond acceptors (Lipinski definition) is 8. The molecule has 6 unspecified atom stereocenters. The van der Waals surface area contributed by atoms with Crippen molar-refractivity contribution in [1.82, 2.24) is 0 Å². The van der Waals surface area contributed by atoms with Crippen LogP contribution in [0, 0.1) is 0 Å². The minimum atomic E-state index is -5.16. The first-order chi connectivity index (χ1) is 7.26. The maximum atomic E-state index is 10.4. The van der Waals surface area contributed by atoms with Crippen LogP contribution in [0.3, 0.4) is 0 Å². The zero-order chi connectivity index (χ0) is 12.5. The predicted octanol–water partition coefficient (Wildman–Crippen LogP) is -6.73. The van der Waals surface area contributed by atoms with Gasteiger partial charge in [-0.2, -0.15) is 0 Å². The van der Waals surface area contributed by atoms with E-state index in [4.69, 9.17) is 10.00 Å². The molecule has 0 amide bonds. The van der Waals surface area contributed by atoms with Crippen molar-refractivity contribution in [2.75, 3.05) is 6.61 Å². The molecule has 5 N–H and O–H groups in total. The Kier molecular flexibility index (Phi) is 7.27. The molecule has 0 bridgehead atoms. The second-order valence-electron chi connectivity index (χ2n) is 3.27. The van der Waals surface area contributed by atoms with Crippen LogP contribution in [0.4, 0.5) is 0 Å². The summed E-state index contributed by atoms with van der Waals surface area (Å²) in [6.07, 6.45) is -8.43. The molecule has 0 saturated carbocycles. The molecule has 96 valence electrons. The molecule has 17 heavy (non-hydrogen) atoms. The van der Waals surface area contributed by atoms with Gasteiger partial charge in [0.25, 0.3) is 7.82 Å². The largest absolute Gasteiger partial charge is 1.00 e. The molecular weight excluding hydrogens is 270 g/mol. The van der Waals surface area contributed by atoms with Gasteiger partial charge in [-0.3, -0.25) is 9.09 Å². The van der Waals surface area contributed by atoms with Gasteiger partial charge in [-0.1, -0.05) is 0 Å². The zero-order valence-corrected chi connectivity index (χ0v) is 11.8. The molecule has 0 aliphatic carbocycles. The number of ether oxygens (including phenoxy) is 1. The van der Waals surface area contributed by atoms with Crippen molar-refractivity contribution in [1.29, 1.82) is 0 Å². The third-order valence-electron chi connectivity index (χ3n) is 2.09. The number of phosphoric ester groups is 1. The summed E-state index contributed by atoms with van der Waals surface area (Å²) in [6.45, 7) is -0.723. The van der Waals surface area contributed by atoms with Gasteiger partial charge in [-0.05, 0) is 0 Å². The summed E-state index contributed by atoms with van der Waals surface area (Å²) in [5, 5.41) is 36.5. The van der Waals surface area contributed by atoms with E-state index in [1.807, 2.05) is 0 Å². The Morgan fingerprint density at radius 1 is 1.24 bits per heavy atom. The first kappa shape index (κ1) is 17.9. The van der Waals surface area contributed by atoms with Crippen molar-refractivity contribution in [2.24, 2.45) is 0 Å². The molecule has 6 atom stereocenters. The molecule has 1 heterocycles. The van der Waals surface area contributed by atoms with Gasteiger partial charge in [-0.25, -0.2) is 0 Å². The summed E-state index contributed by atoms with van der Waals surface area (Å²) in [5.41, 5.74) is 0. The third kappa shape index (κ3) is 4.83. The van der Waals surface area contributed by atoms with Gasteiger partial charge in [0, 0.05) is 0 Å². The molecule has 1 aliphatic rings. The fraction of sp³-hybridized carbons (Fsp3) is 1.00. The van der Waals surface area contributed by atoms with Crippen molar-refractivity contribution in [3.63, 3.8) is 0 Å². The van der Waals surface area contributed by atoms with Crippen LogP contribution in [0.5, 0.6) is 0 Å². The van der Waals surface area contributed by atoms with Gasteiger partial charge in [0.2, 0.25) is 0 Å². The SMILES string of the molecule is O=P([O-])(O)OC1OC(CO)C(O)C(O)C1O.[Na+]. The molecule has 9 nitrogen and oxygen atoms in total. The van der Waals surface area contributed by atoms with Gasteiger partial charge in [0.15, 0.2) is 6.29 Å². The molecule has 1 rings (SSSR count). The van der Waals surface area contributed by atoms with Gasteiger partial charge < -0.3 is 34.9 Å². The fourth-order valence-corrected chi connectivity index (χ4v) is 1.72. The number of phosphoric acid groups is 1. The monoisotopic (exact) mass is 282 g/mol. The summed E-state index contributed by atoms with van der Waals surface area (Å²) < 4.78 is 19.0. The van der Waals surface area contributed by atoms with Gasteiger partial charge in [0.05, 0.1) is 6.61 Å². The summed E-state index contributed by atoms with van der Waals surface area (Å²) in [5.74, 6) is 0. The van der Waals surface area contributed by atoms with Crippen LogP contribution in [0.25, 0.3) is 0 Å². The molecule has 0 radical (unpaired) electrons. The Hall–Kier alpha value is 0.910. The van der Waals surface area contributed by atoms with Gasteiger partial charge >= 0.3 is 29.6 Å². The standard InChI is InChI=1S/C6H13O9P.Na/c7-1-2-3(8)4(9)5(10)6(14-2)15-16(11,12)13;/h2-10H,1H2,(H2,11,12,13);/q;+1/p-1. The van der Waals surface area contributed by atoms with E-state index < -0.39 is 45.1 Å². The minimum Gasteiger partial charge on any atom is -0.756 e. The van der Waals surface area contributed by atoms with Gasteiger partial charge in [0.1, 0.15) is 24.4 Å². The van der Waals surface area contributed by atoms with Crippen molar-refractivity contribution in [3.05, 3.63) is 0 Å². The van der Waals surface area contributed by atoms with E-state index in [2.05, 4.69) is 9.26 Å². The molecular formula is C6H12NaO9P. The van der Waals surface area contributed by atoms with E-state index >= 15 is 0 Å². The van der Waals surface area contributed by atoms with Crippen LogP contribution in [0.1, 0.15) is 0 Å².